The highest BCUT2D eigenvalue weighted by molar-refractivity contribution is 6.02. The zero-order valence-corrected chi connectivity index (χ0v) is 18.1. The number of hydrogen-bond donors (Lipinski definition) is 1. The quantitative estimate of drug-likeness (QED) is 0.323. The fourth-order valence-electron chi connectivity index (χ4n) is 4.27. The Balaban J connectivity index is 1.35. The lowest BCUT2D eigenvalue weighted by atomic mass is 9.99. The number of amides is 1. The lowest BCUT2D eigenvalue weighted by Crippen LogP contribution is -2.37. The average molecular weight is 460 g/mol. The highest BCUT2D eigenvalue weighted by Gasteiger charge is 2.30. The number of nitro groups is 1. The molecule has 172 valence electrons. The minimum atomic E-state index is -0.419. The second-order valence-corrected chi connectivity index (χ2v) is 8.08. The zero-order chi connectivity index (χ0) is 23.7. The maximum Gasteiger partial charge on any atom is 0.291 e. The first-order valence-corrected chi connectivity index (χ1v) is 10.8. The van der Waals surface area contributed by atoms with Crippen molar-refractivity contribution in [2.45, 2.75) is 19.1 Å². The summed E-state index contributed by atoms with van der Waals surface area (Å²) in [5.41, 5.74) is 2.54. The van der Waals surface area contributed by atoms with Crippen LogP contribution in [0.3, 0.4) is 0 Å². The molecule has 0 bridgehead atoms. The third-order valence-electron chi connectivity index (χ3n) is 5.90. The molecule has 0 radical (unpaired) electrons. The SMILES string of the molecule is O=C(Nc1ccc(F)cc1)c1ccc(CN2CCn3cccc3[C@@H]2c2ccc([N+](=O)[O-])cc2)o1. The van der Waals surface area contributed by atoms with Gasteiger partial charge in [-0.1, -0.05) is 12.1 Å². The summed E-state index contributed by atoms with van der Waals surface area (Å²) in [7, 11) is 0. The molecule has 1 N–H and O–H groups in total. The standard InChI is InChI=1S/C25H21FN4O4/c26-18-5-7-19(8-6-18)27-25(31)23-12-11-21(34-23)16-29-15-14-28-13-1-2-22(28)24(29)17-3-9-20(10-4-17)30(32)33/h1-13,24H,14-16H2,(H,27,31)/t24-/m0/s1. The first-order chi connectivity index (χ1) is 16.5. The van der Waals surface area contributed by atoms with Gasteiger partial charge in [0.25, 0.3) is 11.6 Å². The number of nitrogens with one attached hydrogen (secondary N) is 1. The number of benzene rings is 2. The van der Waals surface area contributed by atoms with Crippen molar-refractivity contribution >= 4 is 17.3 Å². The molecule has 0 fully saturated rings. The minimum absolute atomic E-state index is 0.0457. The van der Waals surface area contributed by atoms with Gasteiger partial charge in [-0.2, -0.15) is 0 Å². The third kappa shape index (κ3) is 4.33. The predicted octanol–water partition coefficient (Wildman–Crippen LogP) is 4.99. The third-order valence-corrected chi connectivity index (χ3v) is 5.90. The normalized spacial score (nSPS) is 15.6. The topological polar surface area (TPSA) is 93.5 Å². The lowest BCUT2D eigenvalue weighted by molar-refractivity contribution is -0.384. The van der Waals surface area contributed by atoms with Gasteiger partial charge in [-0.25, -0.2) is 4.39 Å². The van der Waals surface area contributed by atoms with Crippen molar-refractivity contribution in [1.82, 2.24) is 9.47 Å². The predicted molar refractivity (Wildman–Crippen MR) is 123 cm³/mol. The molecular formula is C25H21FN4O4. The number of non-ortho nitro benzene ring substituents is 1. The van der Waals surface area contributed by atoms with Gasteiger partial charge in [0, 0.05) is 42.8 Å². The van der Waals surface area contributed by atoms with E-state index in [1.807, 2.05) is 18.3 Å². The summed E-state index contributed by atoms with van der Waals surface area (Å²) < 4.78 is 21.1. The summed E-state index contributed by atoms with van der Waals surface area (Å²) in [6, 6.07) is 19.4. The number of carbonyl (C=O) groups is 1. The Bertz CT molecular complexity index is 1330. The molecule has 1 amide bonds. The van der Waals surface area contributed by atoms with Crippen molar-refractivity contribution in [1.29, 1.82) is 0 Å². The van der Waals surface area contributed by atoms with Crippen molar-refractivity contribution < 1.29 is 18.5 Å². The van der Waals surface area contributed by atoms with Crippen LogP contribution < -0.4 is 5.32 Å². The van der Waals surface area contributed by atoms with Crippen LogP contribution in [0.5, 0.6) is 0 Å². The van der Waals surface area contributed by atoms with Gasteiger partial charge >= 0.3 is 0 Å². The monoisotopic (exact) mass is 460 g/mol. The average Bonchev–Trinajstić information content (AvgIpc) is 3.50. The number of nitrogens with zero attached hydrogens (tertiary/aromatic N) is 3. The van der Waals surface area contributed by atoms with E-state index in [0.717, 1.165) is 24.3 Å². The summed E-state index contributed by atoms with van der Waals surface area (Å²) in [5, 5.41) is 13.8. The van der Waals surface area contributed by atoms with E-state index in [2.05, 4.69) is 14.8 Å². The molecule has 2 aromatic heterocycles. The maximum atomic E-state index is 13.1. The number of anilines is 1. The number of hydrogen-bond acceptors (Lipinski definition) is 5. The maximum absolute atomic E-state index is 13.1. The van der Waals surface area contributed by atoms with E-state index in [4.69, 9.17) is 4.42 Å². The molecule has 8 nitrogen and oxygen atoms in total. The Kier molecular flexibility index (Phi) is 5.69. The second kappa shape index (κ2) is 8.95. The molecule has 0 saturated heterocycles. The summed E-state index contributed by atoms with van der Waals surface area (Å²) in [6.07, 6.45) is 2.02. The molecule has 0 spiro atoms. The number of carbonyl (C=O) groups excluding carboxylic acids is 1. The summed E-state index contributed by atoms with van der Waals surface area (Å²) in [5.74, 6) is -0.0198. The van der Waals surface area contributed by atoms with Gasteiger partial charge in [0.05, 0.1) is 17.5 Å². The molecule has 0 saturated carbocycles. The van der Waals surface area contributed by atoms with Crippen LogP contribution in [0.4, 0.5) is 15.8 Å². The van der Waals surface area contributed by atoms with Crippen molar-refractivity contribution in [3.63, 3.8) is 0 Å². The smallest absolute Gasteiger partial charge is 0.291 e. The molecule has 0 aliphatic carbocycles. The van der Waals surface area contributed by atoms with Crippen LogP contribution in [0.25, 0.3) is 0 Å². The molecule has 1 aliphatic rings. The lowest BCUT2D eigenvalue weighted by Gasteiger charge is -2.36. The van der Waals surface area contributed by atoms with Gasteiger partial charge in [-0.3, -0.25) is 19.8 Å². The van der Waals surface area contributed by atoms with Gasteiger partial charge in [-0.15, -0.1) is 0 Å². The van der Waals surface area contributed by atoms with Crippen LogP contribution >= 0.6 is 0 Å². The minimum Gasteiger partial charge on any atom is -0.455 e. The van der Waals surface area contributed by atoms with Gasteiger partial charge < -0.3 is 14.3 Å². The van der Waals surface area contributed by atoms with Crippen LogP contribution in [0, 0.1) is 15.9 Å². The largest absolute Gasteiger partial charge is 0.455 e. The number of fused-ring (bicyclic) bond motifs is 1. The molecule has 34 heavy (non-hydrogen) atoms. The highest BCUT2D eigenvalue weighted by atomic mass is 19.1. The molecule has 1 atom stereocenters. The molecule has 9 heteroatoms. The fourth-order valence-corrected chi connectivity index (χ4v) is 4.27. The van der Waals surface area contributed by atoms with Crippen LogP contribution in [-0.2, 0) is 13.1 Å². The molecule has 1 aliphatic heterocycles. The molecule has 3 heterocycles. The number of furan rings is 1. The number of halogens is 1. The van der Waals surface area contributed by atoms with Crippen molar-refractivity contribution in [3.05, 3.63) is 118 Å². The van der Waals surface area contributed by atoms with E-state index in [0.29, 0.717) is 18.0 Å². The van der Waals surface area contributed by atoms with Crippen LogP contribution in [-0.4, -0.2) is 26.8 Å². The zero-order valence-electron chi connectivity index (χ0n) is 18.1. The van der Waals surface area contributed by atoms with Crippen molar-refractivity contribution in [2.24, 2.45) is 0 Å². The number of aromatic nitrogens is 1. The Morgan fingerprint density at radius 3 is 2.56 bits per heavy atom. The van der Waals surface area contributed by atoms with E-state index < -0.39 is 10.8 Å². The Labute approximate surface area is 194 Å². The second-order valence-electron chi connectivity index (χ2n) is 8.08. The molecule has 2 aromatic carbocycles. The Morgan fingerprint density at radius 2 is 1.82 bits per heavy atom. The first-order valence-electron chi connectivity index (χ1n) is 10.8. The Morgan fingerprint density at radius 1 is 1.06 bits per heavy atom. The van der Waals surface area contributed by atoms with Crippen LogP contribution in [0.1, 0.15) is 33.6 Å². The van der Waals surface area contributed by atoms with E-state index in [-0.39, 0.29) is 23.3 Å². The molecular weight excluding hydrogens is 439 g/mol. The fraction of sp³-hybridized carbons (Fsp3) is 0.160. The van der Waals surface area contributed by atoms with E-state index in [1.54, 1.807) is 24.3 Å². The summed E-state index contributed by atoms with van der Waals surface area (Å²) in [6.45, 7) is 1.99. The van der Waals surface area contributed by atoms with Gasteiger partial charge in [0.1, 0.15) is 11.6 Å². The van der Waals surface area contributed by atoms with Gasteiger partial charge in [0.2, 0.25) is 0 Å². The molecule has 4 aromatic rings. The van der Waals surface area contributed by atoms with E-state index in [1.165, 1.54) is 36.4 Å². The molecule has 5 rings (SSSR count). The van der Waals surface area contributed by atoms with Gasteiger partial charge in [0.15, 0.2) is 5.76 Å². The first kappa shape index (κ1) is 21.6. The van der Waals surface area contributed by atoms with Gasteiger partial charge in [-0.05, 0) is 54.1 Å². The van der Waals surface area contributed by atoms with Crippen molar-refractivity contribution in [3.8, 4) is 0 Å². The van der Waals surface area contributed by atoms with Crippen molar-refractivity contribution in [2.75, 3.05) is 11.9 Å². The Hall–Kier alpha value is -4.24. The van der Waals surface area contributed by atoms with E-state index in [9.17, 15) is 19.3 Å². The summed E-state index contributed by atoms with van der Waals surface area (Å²) in [4.78, 5) is 25.4. The number of rotatable bonds is 6. The van der Waals surface area contributed by atoms with Crippen LogP contribution in [0.15, 0.2) is 83.4 Å². The molecule has 0 unspecified atom stereocenters. The number of nitro benzene ring substituents is 1. The highest BCUT2D eigenvalue weighted by Crippen LogP contribution is 2.34. The summed E-state index contributed by atoms with van der Waals surface area (Å²) >= 11 is 0. The van der Waals surface area contributed by atoms with E-state index >= 15 is 0 Å². The van der Waals surface area contributed by atoms with Crippen LogP contribution in [0.2, 0.25) is 0 Å².